The molecule has 1 N–H and O–H groups in total. The van der Waals surface area contributed by atoms with Gasteiger partial charge in [0.15, 0.2) is 9.84 Å². The summed E-state index contributed by atoms with van der Waals surface area (Å²) in [7, 11) is -3.64. The van der Waals surface area contributed by atoms with Crippen molar-refractivity contribution in [3.05, 3.63) is 59.7 Å². The first-order chi connectivity index (χ1) is 14.2. The van der Waals surface area contributed by atoms with E-state index in [-0.39, 0.29) is 16.8 Å². The number of hydroxylamine groups is 2. The third-order valence-electron chi connectivity index (χ3n) is 5.94. The molecule has 0 radical (unpaired) electrons. The lowest BCUT2D eigenvalue weighted by Gasteiger charge is -2.42. The van der Waals surface area contributed by atoms with Gasteiger partial charge in [-0.2, -0.15) is 5.06 Å². The normalized spacial score (nSPS) is 23.7. The molecule has 1 heterocycles. The van der Waals surface area contributed by atoms with E-state index in [4.69, 9.17) is 4.74 Å². The van der Waals surface area contributed by atoms with Crippen molar-refractivity contribution in [3.63, 3.8) is 0 Å². The van der Waals surface area contributed by atoms with Crippen LogP contribution in [0.1, 0.15) is 70.5 Å². The Kier molecular flexibility index (Phi) is 6.90. The van der Waals surface area contributed by atoms with Gasteiger partial charge in [-0.1, -0.05) is 63.1 Å². The van der Waals surface area contributed by atoms with Crippen LogP contribution in [0.5, 0.6) is 5.75 Å². The van der Waals surface area contributed by atoms with Crippen LogP contribution in [0.2, 0.25) is 0 Å². The third-order valence-corrected chi connectivity index (χ3v) is 7.89. The van der Waals surface area contributed by atoms with Crippen molar-refractivity contribution in [3.8, 4) is 5.75 Å². The molecule has 1 unspecified atom stereocenters. The average molecular weight is 432 g/mol. The standard InChI is InChI=1S/C24H33NO4S/c1-5-7-15-24(6-2)17-30(27,28)22-16-20(29-18(3)4)13-14-21(22)23(25(24)26)19-11-9-8-10-12-19/h8-14,16,18,23,26H,5-7,15,17H2,1-4H3/t23?,24-/m1/s1. The van der Waals surface area contributed by atoms with Crippen molar-refractivity contribution in [1.82, 2.24) is 5.06 Å². The van der Waals surface area contributed by atoms with Gasteiger partial charge in [0.2, 0.25) is 0 Å². The summed E-state index contributed by atoms with van der Waals surface area (Å²) in [5.74, 6) is 0.412. The van der Waals surface area contributed by atoms with E-state index in [2.05, 4.69) is 6.92 Å². The highest BCUT2D eigenvalue weighted by Crippen LogP contribution is 2.44. The molecule has 1 aliphatic rings. The Morgan fingerprint density at radius 2 is 1.87 bits per heavy atom. The van der Waals surface area contributed by atoms with Crippen molar-refractivity contribution in [2.24, 2.45) is 0 Å². The topological polar surface area (TPSA) is 66.8 Å². The van der Waals surface area contributed by atoms with Gasteiger partial charge >= 0.3 is 0 Å². The second-order valence-electron chi connectivity index (χ2n) is 8.46. The predicted molar refractivity (Wildman–Crippen MR) is 119 cm³/mol. The average Bonchev–Trinajstić information content (AvgIpc) is 2.78. The Hall–Kier alpha value is -1.89. The Morgan fingerprint density at radius 1 is 1.17 bits per heavy atom. The molecule has 0 saturated heterocycles. The van der Waals surface area contributed by atoms with Crippen molar-refractivity contribution in [2.45, 2.75) is 76.0 Å². The van der Waals surface area contributed by atoms with E-state index < -0.39 is 21.4 Å². The van der Waals surface area contributed by atoms with Crippen LogP contribution in [0, 0.1) is 0 Å². The highest BCUT2D eigenvalue weighted by atomic mass is 32.2. The van der Waals surface area contributed by atoms with Gasteiger partial charge in [-0.05, 0) is 49.9 Å². The maximum atomic E-state index is 13.6. The summed E-state index contributed by atoms with van der Waals surface area (Å²) >= 11 is 0. The second kappa shape index (κ2) is 9.08. The fraction of sp³-hybridized carbons (Fsp3) is 0.500. The first-order valence-electron chi connectivity index (χ1n) is 10.8. The van der Waals surface area contributed by atoms with Crippen LogP contribution >= 0.6 is 0 Å². The molecule has 0 aromatic heterocycles. The lowest BCUT2D eigenvalue weighted by atomic mass is 9.87. The quantitative estimate of drug-likeness (QED) is 0.637. The van der Waals surface area contributed by atoms with Crippen LogP contribution in [-0.2, 0) is 9.84 Å². The number of benzene rings is 2. The van der Waals surface area contributed by atoms with Crippen molar-refractivity contribution < 1.29 is 18.4 Å². The lowest BCUT2D eigenvalue weighted by Crippen LogP contribution is -2.51. The maximum absolute atomic E-state index is 13.6. The maximum Gasteiger partial charge on any atom is 0.180 e. The van der Waals surface area contributed by atoms with Crippen LogP contribution in [0.3, 0.4) is 0 Å². The number of rotatable bonds is 7. The Labute approximate surface area is 180 Å². The Bertz CT molecular complexity index is 958. The largest absolute Gasteiger partial charge is 0.491 e. The van der Waals surface area contributed by atoms with Crippen LogP contribution in [-0.4, -0.2) is 36.1 Å². The van der Waals surface area contributed by atoms with Gasteiger partial charge in [-0.15, -0.1) is 0 Å². The molecule has 5 nitrogen and oxygen atoms in total. The van der Waals surface area contributed by atoms with Gasteiger partial charge in [-0.25, -0.2) is 8.42 Å². The molecule has 0 fully saturated rings. The predicted octanol–water partition coefficient (Wildman–Crippen LogP) is 5.38. The second-order valence-corrected chi connectivity index (χ2v) is 10.4. The van der Waals surface area contributed by atoms with Crippen LogP contribution < -0.4 is 4.74 Å². The monoisotopic (exact) mass is 431 g/mol. The third kappa shape index (κ3) is 4.41. The molecule has 1 aliphatic heterocycles. The van der Waals surface area contributed by atoms with Crippen LogP contribution in [0.15, 0.2) is 53.4 Å². The number of hydrogen-bond acceptors (Lipinski definition) is 5. The van der Waals surface area contributed by atoms with E-state index in [1.165, 1.54) is 5.06 Å². The molecule has 0 saturated carbocycles. The van der Waals surface area contributed by atoms with Gasteiger partial charge in [0, 0.05) is 0 Å². The molecule has 2 aromatic carbocycles. The van der Waals surface area contributed by atoms with Gasteiger partial charge in [-0.3, -0.25) is 0 Å². The number of nitrogens with zero attached hydrogens (tertiary/aromatic N) is 1. The van der Waals surface area contributed by atoms with Gasteiger partial charge in [0.25, 0.3) is 0 Å². The van der Waals surface area contributed by atoms with Crippen LogP contribution in [0.4, 0.5) is 0 Å². The fourth-order valence-electron chi connectivity index (χ4n) is 4.35. The molecule has 2 atom stereocenters. The SMILES string of the molecule is CCCC[C@]1(CC)CS(=O)(=O)c2cc(OC(C)C)ccc2C(c2ccccc2)N1O. The van der Waals surface area contributed by atoms with E-state index in [0.717, 1.165) is 18.4 Å². The van der Waals surface area contributed by atoms with E-state index >= 15 is 0 Å². The summed E-state index contributed by atoms with van der Waals surface area (Å²) in [6, 6.07) is 14.3. The summed E-state index contributed by atoms with van der Waals surface area (Å²) in [5, 5.41) is 12.9. The number of hydrogen-bond donors (Lipinski definition) is 1. The number of sulfone groups is 1. The Morgan fingerprint density at radius 3 is 2.47 bits per heavy atom. The van der Waals surface area contributed by atoms with Gasteiger partial charge in [0.05, 0.1) is 28.3 Å². The van der Waals surface area contributed by atoms with Crippen molar-refractivity contribution in [1.29, 1.82) is 0 Å². The summed E-state index contributed by atoms with van der Waals surface area (Å²) in [6.07, 6.45) is 2.87. The highest BCUT2D eigenvalue weighted by Gasteiger charge is 2.47. The first-order valence-corrected chi connectivity index (χ1v) is 12.5. The molecule has 0 amide bonds. The summed E-state index contributed by atoms with van der Waals surface area (Å²) in [6.45, 7) is 7.86. The first kappa shape index (κ1) is 22.8. The zero-order valence-electron chi connectivity index (χ0n) is 18.3. The highest BCUT2D eigenvalue weighted by molar-refractivity contribution is 7.91. The number of unbranched alkanes of at least 4 members (excludes halogenated alkanes) is 1. The smallest absolute Gasteiger partial charge is 0.180 e. The summed E-state index contributed by atoms with van der Waals surface area (Å²) in [5.41, 5.74) is 0.602. The van der Waals surface area contributed by atoms with Crippen molar-refractivity contribution in [2.75, 3.05) is 5.75 Å². The molecule has 30 heavy (non-hydrogen) atoms. The molecule has 6 heteroatoms. The zero-order valence-corrected chi connectivity index (χ0v) is 19.2. The van der Waals surface area contributed by atoms with Crippen molar-refractivity contribution >= 4 is 9.84 Å². The molecular formula is C24H33NO4S. The fourth-order valence-corrected chi connectivity index (χ4v) is 6.53. The summed E-state index contributed by atoms with van der Waals surface area (Å²) < 4.78 is 33.0. The lowest BCUT2D eigenvalue weighted by molar-refractivity contribution is -0.193. The zero-order chi connectivity index (χ0) is 21.9. The molecular weight excluding hydrogens is 398 g/mol. The molecule has 0 aliphatic carbocycles. The van der Waals surface area contributed by atoms with E-state index in [9.17, 15) is 13.6 Å². The van der Waals surface area contributed by atoms with E-state index in [1.54, 1.807) is 18.2 Å². The minimum absolute atomic E-state index is 0.0601. The van der Waals surface area contributed by atoms with E-state index in [0.29, 0.717) is 24.2 Å². The number of fused-ring (bicyclic) bond motifs is 1. The van der Waals surface area contributed by atoms with Gasteiger partial charge in [0.1, 0.15) is 5.75 Å². The minimum Gasteiger partial charge on any atom is -0.491 e. The van der Waals surface area contributed by atoms with Gasteiger partial charge < -0.3 is 9.94 Å². The molecule has 3 rings (SSSR count). The summed E-state index contributed by atoms with van der Waals surface area (Å²) in [4.78, 5) is 0.250. The van der Waals surface area contributed by atoms with E-state index in [1.807, 2.05) is 51.1 Å². The number of ether oxygens (including phenoxy) is 1. The molecule has 2 aromatic rings. The molecule has 164 valence electrons. The minimum atomic E-state index is -3.64. The Balaban J connectivity index is 2.25. The molecule has 0 bridgehead atoms. The molecule has 0 spiro atoms. The van der Waals surface area contributed by atoms with Crippen LogP contribution in [0.25, 0.3) is 0 Å².